The first-order chi connectivity index (χ1) is 7.70. The smallest absolute Gasteiger partial charge is 0.326 e. The number of pyridine rings is 1. The summed E-state index contributed by atoms with van der Waals surface area (Å²) in [5.41, 5.74) is 0.440. The van der Waals surface area contributed by atoms with Crippen LogP contribution in [0.4, 0.5) is 0 Å². The first-order valence-corrected chi connectivity index (χ1v) is 5.14. The molecule has 0 radical (unpaired) electrons. The maximum absolute atomic E-state index is 12.0. The van der Waals surface area contributed by atoms with Crippen LogP contribution in [-0.4, -0.2) is 39.5 Å². The minimum atomic E-state index is -0.935. The van der Waals surface area contributed by atoms with E-state index in [2.05, 4.69) is 4.98 Å². The molecule has 0 aliphatic carbocycles. The second-order valence-corrected chi connectivity index (χ2v) is 3.74. The number of carbonyl (C=O) groups excluding carboxylic acids is 1. The maximum atomic E-state index is 12.0. The molecule has 0 bridgehead atoms. The molecule has 1 N–H and O–H groups in total. The van der Waals surface area contributed by atoms with Crippen molar-refractivity contribution in [1.29, 1.82) is 0 Å². The van der Waals surface area contributed by atoms with Crippen molar-refractivity contribution in [2.75, 3.05) is 6.54 Å². The molecule has 5 heteroatoms. The Labute approximate surface area is 92.7 Å². The van der Waals surface area contributed by atoms with E-state index >= 15 is 0 Å². The summed E-state index contributed by atoms with van der Waals surface area (Å²) in [5, 5.41) is 8.97. The predicted octanol–water partition coefficient (Wildman–Crippen LogP) is 0.771. The van der Waals surface area contributed by atoms with E-state index in [1.54, 1.807) is 18.3 Å². The highest BCUT2D eigenvalue weighted by molar-refractivity contribution is 5.96. The van der Waals surface area contributed by atoms with Crippen molar-refractivity contribution in [1.82, 2.24) is 9.88 Å². The predicted molar refractivity (Wildman–Crippen MR) is 55.9 cm³/mol. The number of carboxylic acid groups (broad SMARTS) is 1. The van der Waals surface area contributed by atoms with Crippen molar-refractivity contribution in [3.63, 3.8) is 0 Å². The summed E-state index contributed by atoms with van der Waals surface area (Å²) in [6, 6.07) is 2.62. The fraction of sp³-hybridized carbons (Fsp3) is 0.364. The van der Waals surface area contributed by atoms with Crippen LogP contribution in [0.1, 0.15) is 23.2 Å². The van der Waals surface area contributed by atoms with Gasteiger partial charge in [0.2, 0.25) is 0 Å². The number of amides is 1. The average Bonchev–Trinajstić information content (AvgIpc) is 2.78. The lowest BCUT2D eigenvalue weighted by molar-refractivity contribution is -0.141. The normalized spacial score (nSPS) is 19.8. The van der Waals surface area contributed by atoms with Crippen LogP contribution >= 0.6 is 0 Å². The van der Waals surface area contributed by atoms with Gasteiger partial charge in [-0.3, -0.25) is 9.78 Å². The van der Waals surface area contributed by atoms with Crippen LogP contribution in [0.3, 0.4) is 0 Å². The second kappa shape index (κ2) is 4.30. The summed E-state index contributed by atoms with van der Waals surface area (Å²) in [4.78, 5) is 28.2. The summed E-state index contributed by atoms with van der Waals surface area (Å²) >= 11 is 0. The SMILES string of the molecule is O=C(O)C1CCCN1C(=O)c1cccnc1. The molecule has 2 rings (SSSR count). The molecule has 1 amide bonds. The van der Waals surface area contributed by atoms with Gasteiger partial charge in [0.25, 0.3) is 5.91 Å². The lowest BCUT2D eigenvalue weighted by atomic mass is 10.2. The van der Waals surface area contributed by atoms with Crippen molar-refractivity contribution in [2.45, 2.75) is 18.9 Å². The highest BCUT2D eigenvalue weighted by Gasteiger charge is 2.34. The van der Waals surface area contributed by atoms with Crippen LogP contribution in [0.5, 0.6) is 0 Å². The molecule has 0 saturated carbocycles. The van der Waals surface area contributed by atoms with E-state index in [1.165, 1.54) is 11.1 Å². The third-order valence-corrected chi connectivity index (χ3v) is 2.71. The number of hydrogen-bond donors (Lipinski definition) is 1. The number of rotatable bonds is 2. The Morgan fingerprint density at radius 1 is 1.50 bits per heavy atom. The topological polar surface area (TPSA) is 70.5 Å². The molecule has 16 heavy (non-hydrogen) atoms. The molecule has 1 aromatic heterocycles. The van der Waals surface area contributed by atoms with Crippen molar-refractivity contribution >= 4 is 11.9 Å². The van der Waals surface area contributed by atoms with Gasteiger partial charge in [0, 0.05) is 18.9 Å². The Hall–Kier alpha value is -1.91. The van der Waals surface area contributed by atoms with Gasteiger partial charge in [-0.1, -0.05) is 0 Å². The van der Waals surface area contributed by atoms with Crippen LogP contribution in [0.25, 0.3) is 0 Å². The summed E-state index contributed by atoms with van der Waals surface area (Å²) in [5.74, 6) is -1.19. The third-order valence-electron chi connectivity index (χ3n) is 2.71. The molecule has 1 saturated heterocycles. The quantitative estimate of drug-likeness (QED) is 0.799. The highest BCUT2D eigenvalue weighted by atomic mass is 16.4. The van der Waals surface area contributed by atoms with Crippen molar-refractivity contribution < 1.29 is 14.7 Å². The van der Waals surface area contributed by atoms with Gasteiger partial charge < -0.3 is 10.0 Å². The minimum absolute atomic E-state index is 0.252. The molecule has 2 heterocycles. The maximum Gasteiger partial charge on any atom is 0.326 e. The number of aliphatic carboxylic acids is 1. The van der Waals surface area contributed by atoms with Gasteiger partial charge in [-0.05, 0) is 25.0 Å². The largest absolute Gasteiger partial charge is 0.480 e. The van der Waals surface area contributed by atoms with E-state index in [1.807, 2.05) is 0 Å². The van der Waals surface area contributed by atoms with E-state index in [-0.39, 0.29) is 5.91 Å². The van der Waals surface area contributed by atoms with Crippen LogP contribution in [0, 0.1) is 0 Å². The van der Waals surface area contributed by atoms with Crippen LogP contribution in [0.2, 0.25) is 0 Å². The summed E-state index contributed by atoms with van der Waals surface area (Å²) in [6.07, 6.45) is 4.30. The van der Waals surface area contributed by atoms with E-state index < -0.39 is 12.0 Å². The van der Waals surface area contributed by atoms with Crippen molar-refractivity contribution in [2.24, 2.45) is 0 Å². The van der Waals surface area contributed by atoms with E-state index in [9.17, 15) is 9.59 Å². The van der Waals surface area contributed by atoms with Crippen molar-refractivity contribution in [3.8, 4) is 0 Å². The molecular weight excluding hydrogens is 208 g/mol. The Balaban J connectivity index is 2.19. The zero-order valence-electron chi connectivity index (χ0n) is 8.67. The van der Waals surface area contributed by atoms with E-state index in [0.717, 1.165) is 6.42 Å². The molecule has 1 atom stereocenters. The average molecular weight is 220 g/mol. The molecular formula is C11H12N2O3. The number of nitrogens with zero attached hydrogens (tertiary/aromatic N) is 2. The minimum Gasteiger partial charge on any atom is -0.480 e. The van der Waals surface area contributed by atoms with Crippen LogP contribution in [0.15, 0.2) is 24.5 Å². The zero-order valence-corrected chi connectivity index (χ0v) is 8.67. The standard InChI is InChI=1S/C11H12N2O3/c14-10(8-3-1-5-12-7-8)13-6-2-4-9(13)11(15)16/h1,3,5,7,9H,2,4,6H2,(H,15,16). The summed E-state index contributed by atoms with van der Waals surface area (Å²) in [7, 11) is 0. The third kappa shape index (κ3) is 1.88. The lowest BCUT2D eigenvalue weighted by Crippen LogP contribution is -2.40. The Bertz CT molecular complexity index is 405. The molecule has 1 aliphatic heterocycles. The number of hydrogen-bond acceptors (Lipinski definition) is 3. The summed E-state index contributed by atoms with van der Waals surface area (Å²) < 4.78 is 0. The molecule has 84 valence electrons. The first kappa shape index (κ1) is 10.6. The number of aromatic nitrogens is 1. The monoisotopic (exact) mass is 220 g/mol. The van der Waals surface area contributed by atoms with Gasteiger partial charge >= 0.3 is 5.97 Å². The van der Waals surface area contributed by atoms with Gasteiger partial charge in [0.05, 0.1) is 5.56 Å². The number of carbonyl (C=O) groups is 2. The van der Waals surface area contributed by atoms with Gasteiger partial charge in [-0.15, -0.1) is 0 Å². The molecule has 5 nitrogen and oxygen atoms in total. The number of likely N-dealkylation sites (tertiary alicyclic amines) is 1. The first-order valence-electron chi connectivity index (χ1n) is 5.14. The molecule has 1 fully saturated rings. The van der Waals surface area contributed by atoms with Crippen molar-refractivity contribution in [3.05, 3.63) is 30.1 Å². The van der Waals surface area contributed by atoms with E-state index in [4.69, 9.17) is 5.11 Å². The summed E-state index contributed by atoms with van der Waals surface area (Å²) in [6.45, 7) is 0.505. The second-order valence-electron chi connectivity index (χ2n) is 3.74. The Morgan fingerprint density at radius 2 is 2.31 bits per heavy atom. The number of carboxylic acids is 1. The van der Waals surface area contributed by atoms with Gasteiger partial charge in [-0.25, -0.2) is 4.79 Å². The molecule has 1 aliphatic rings. The van der Waals surface area contributed by atoms with Gasteiger partial charge in [-0.2, -0.15) is 0 Å². The zero-order chi connectivity index (χ0) is 11.5. The Morgan fingerprint density at radius 3 is 2.94 bits per heavy atom. The Kier molecular flexibility index (Phi) is 2.85. The van der Waals surface area contributed by atoms with Gasteiger partial charge in [0.1, 0.15) is 6.04 Å². The van der Waals surface area contributed by atoms with Crippen LogP contribution in [-0.2, 0) is 4.79 Å². The lowest BCUT2D eigenvalue weighted by Gasteiger charge is -2.21. The molecule has 0 aromatic carbocycles. The molecule has 0 spiro atoms. The fourth-order valence-electron chi connectivity index (χ4n) is 1.92. The van der Waals surface area contributed by atoms with E-state index in [0.29, 0.717) is 18.5 Å². The van der Waals surface area contributed by atoms with Gasteiger partial charge in [0.15, 0.2) is 0 Å². The highest BCUT2D eigenvalue weighted by Crippen LogP contribution is 2.19. The van der Waals surface area contributed by atoms with Crippen LogP contribution < -0.4 is 0 Å². The molecule has 1 aromatic rings. The molecule has 1 unspecified atom stereocenters. The fourth-order valence-corrected chi connectivity index (χ4v) is 1.92.